The maximum absolute atomic E-state index is 12.2. The van der Waals surface area contributed by atoms with E-state index in [1.807, 2.05) is 24.9 Å². The molecule has 1 aromatic rings. The Morgan fingerprint density at radius 3 is 2.56 bits per heavy atom. The quantitative estimate of drug-likeness (QED) is 0.460. The van der Waals surface area contributed by atoms with Gasteiger partial charge in [0.25, 0.3) is 10.2 Å². The number of halogens is 1. The number of nitrogens with zero attached hydrogens (tertiary/aromatic N) is 5. The first kappa shape index (κ1) is 22.1. The number of aromatic nitrogens is 1. The molecule has 27 heavy (non-hydrogen) atoms. The van der Waals surface area contributed by atoms with E-state index in [1.165, 1.54) is 8.61 Å². The highest BCUT2D eigenvalue weighted by molar-refractivity contribution is 9.10. The van der Waals surface area contributed by atoms with Crippen molar-refractivity contribution in [3.8, 4) is 5.88 Å². The number of pyridine rings is 1. The predicted molar refractivity (Wildman–Crippen MR) is 111 cm³/mol. The van der Waals surface area contributed by atoms with E-state index >= 15 is 0 Å². The SMILES string of the molecule is CCN(C)C=Nc1cc(Br)c(OC2CCN(S(=O)(=O)N(C)C)CC2)nc1C. The number of piperidine rings is 1. The van der Waals surface area contributed by atoms with E-state index in [-0.39, 0.29) is 6.10 Å². The molecule has 1 aromatic heterocycles. The molecule has 10 heteroatoms. The van der Waals surface area contributed by atoms with Crippen LogP contribution < -0.4 is 4.74 Å². The summed E-state index contributed by atoms with van der Waals surface area (Å²) >= 11 is 3.51. The number of aryl methyl sites for hydroxylation is 1. The van der Waals surface area contributed by atoms with Gasteiger partial charge in [0.05, 0.1) is 22.2 Å². The van der Waals surface area contributed by atoms with Crippen LogP contribution in [0.25, 0.3) is 0 Å². The van der Waals surface area contributed by atoms with Crippen molar-refractivity contribution >= 4 is 38.2 Å². The Balaban J connectivity index is 2.03. The van der Waals surface area contributed by atoms with Gasteiger partial charge in [0.15, 0.2) is 0 Å². The molecule has 0 atom stereocenters. The molecule has 1 aliphatic rings. The van der Waals surface area contributed by atoms with Gasteiger partial charge in [-0.15, -0.1) is 0 Å². The van der Waals surface area contributed by atoms with Crippen LogP contribution in [-0.4, -0.2) is 80.1 Å². The zero-order chi connectivity index (χ0) is 20.2. The topological polar surface area (TPSA) is 78.3 Å². The number of hydrogen-bond donors (Lipinski definition) is 0. The summed E-state index contributed by atoms with van der Waals surface area (Å²) in [5, 5.41) is 0. The predicted octanol–water partition coefficient (Wildman–Crippen LogP) is 2.41. The maximum Gasteiger partial charge on any atom is 0.281 e. The Bertz CT molecular complexity index is 777. The van der Waals surface area contributed by atoms with Crippen molar-refractivity contribution in [3.05, 3.63) is 16.2 Å². The average molecular weight is 462 g/mol. The van der Waals surface area contributed by atoms with E-state index in [9.17, 15) is 8.42 Å². The Kier molecular flexibility index (Phi) is 7.61. The molecule has 0 radical (unpaired) electrons. The van der Waals surface area contributed by atoms with Crippen LogP contribution in [0.4, 0.5) is 5.69 Å². The van der Waals surface area contributed by atoms with E-state index in [0.29, 0.717) is 31.8 Å². The van der Waals surface area contributed by atoms with Crippen LogP contribution in [0.1, 0.15) is 25.5 Å². The summed E-state index contributed by atoms with van der Waals surface area (Å²) in [6.07, 6.45) is 2.96. The molecule has 0 amide bonds. The van der Waals surface area contributed by atoms with Gasteiger partial charge in [0, 0.05) is 40.8 Å². The smallest absolute Gasteiger partial charge is 0.281 e. The van der Waals surface area contributed by atoms with E-state index in [0.717, 1.165) is 22.4 Å². The average Bonchev–Trinajstić information content (AvgIpc) is 2.63. The van der Waals surface area contributed by atoms with Gasteiger partial charge in [-0.1, -0.05) is 0 Å². The van der Waals surface area contributed by atoms with E-state index in [2.05, 4.69) is 32.8 Å². The van der Waals surface area contributed by atoms with Gasteiger partial charge >= 0.3 is 0 Å². The van der Waals surface area contributed by atoms with Crippen molar-refractivity contribution in [2.45, 2.75) is 32.8 Å². The molecule has 2 rings (SSSR count). The standard InChI is InChI=1S/C17H28BrN5O3S/c1-6-22(5)12-19-16-11-15(18)17(20-13(16)2)26-14-7-9-23(10-8-14)27(24,25)21(3)4/h11-12,14H,6-10H2,1-5H3. The Hall–Kier alpha value is -1.23. The molecule has 1 aliphatic heterocycles. The van der Waals surface area contributed by atoms with Crippen molar-refractivity contribution in [2.24, 2.45) is 4.99 Å². The molecule has 0 N–H and O–H groups in total. The van der Waals surface area contributed by atoms with Gasteiger partial charge in [0.1, 0.15) is 6.10 Å². The summed E-state index contributed by atoms with van der Waals surface area (Å²) in [7, 11) is 1.69. The Morgan fingerprint density at radius 2 is 2.00 bits per heavy atom. The van der Waals surface area contributed by atoms with Crippen molar-refractivity contribution in [2.75, 3.05) is 40.8 Å². The molecule has 0 saturated carbocycles. The number of hydrogen-bond acceptors (Lipinski definition) is 5. The molecule has 0 aliphatic carbocycles. The van der Waals surface area contributed by atoms with Crippen molar-refractivity contribution in [1.29, 1.82) is 0 Å². The van der Waals surface area contributed by atoms with Gasteiger partial charge in [-0.25, -0.2) is 9.98 Å². The lowest BCUT2D eigenvalue weighted by molar-refractivity contribution is 0.127. The zero-order valence-electron chi connectivity index (χ0n) is 16.5. The van der Waals surface area contributed by atoms with E-state index in [1.54, 1.807) is 20.4 Å². The second kappa shape index (κ2) is 9.31. The third-order valence-corrected chi connectivity index (χ3v) is 6.98. The summed E-state index contributed by atoms with van der Waals surface area (Å²) in [5.41, 5.74) is 1.56. The van der Waals surface area contributed by atoms with Crippen molar-refractivity contribution in [1.82, 2.24) is 18.5 Å². The van der Waals surface area contributed by atoms with Crippen molar-refractivity contribution in [3.63, 3.8) is 0 Å². The summed E-state index contributed by atoms with van der Waals surface area (Å²) in [4.78, 5) is 11.0. The molecule has 1 fully saturated rings. The molecule has 0 bridgehead atoms. The highest BCUT2D eigenvalue weighted by Gasteiger charge is 2.30. The molecule has 152 valence electrons. The third-order valence-electron chi connectivity index (χ3n) is 4.47. The summed E-state index contributed by atoms with van der Waals surface area (Å²) in [6.45, 7) is 5.70. The minimum Gasteiger partial charge on any atom is -0.473 e. The highest BCUT2D eigenvalue weighted by Crippen LogP contribution is 2.31. The van der Waals surface area contributed by atoms with Gasteiger partial charge < -0.3 is 9.64 Å². The van der Waals surface area contributed by atoms with E-state index in [4.69, 9.17) is 4.74 Å². The second-order valence-electron chi connectivity index (χ2n) is 6.70. The molecule has 8 nitrogen and oxygen atoms in total. The van der Waals surface area contributed by atoms with Crippen LogP contribution in [0.2, 0.25) is 0 Å². The zero-order valence-corrected chi connectivity index (χ0v) is 18.9. The van der Waals surface area contributed by atoms with Gasteiger partial charge in [-0.2, -0.15) is 17.0 Å². The molecular weight excluding hydrogens is 434 g/mol. The number of rotatable bonds is 7. The fraction of sp³-hybridized carbons (Fsp3) is 0.647. The molecular formula is C17H28BrN5O3S. The monoisotopic (exact) mass is 461 g/mol. The molecule has 1 saturated heterocycles. The van der Waals surface area contributed by atoms with Crippen LogP contribution in [0, 0.1) is 6.92 Å². The second-order valence-corrected chi connectivity index (χ2v) is 9.70. The van der Waals surface area contributed by atoms with Crippen molar-refractivity contribution < 1.29 is 13.2 Å². The fourth-order valence-corrected chi connectivity index (χ4v) is 4.11. The lowest BCUT2D eigenvalue weighted by Crippen LogP contribution is -2.46. The van der Waals surface area contributed by atoms with Gasteiger partial charge in [-0.3, -0.25) is 0 Å². The Morgan fingerprint density at radius 1 is 1.37 bits per heavy atom. The summed E-state index contributed by atoms with van der Waals surface area (Å²) in [6, 6.07) is 1.89. The van der Waals surface area contributed by atoms with E-state index < -0.39 is 10.2 Å². The molecule has 0 aromatic carbocycles. The summed E-state index contributed by atoms with van der Waals surface area (Å²) < 4.78 is 33.9. The largest absolute Gasteiger partial charge is 0.473 e. The first-order valence-electron chi connectivity index (χ1n) is 8.91. The van der Waals surface area contributed by atoms with Crippen LogP contribution in [-0.2, 0) is 10.2 Å². The minimum atomic E-state index is -3.37. The summed E-state index contributed by atoms with van der Waals surface area (Å²) in [5.74, 6) is 0.518. The van der Waals surface area contributed by atoms with Crippen LogP contribution >= 0.6 is 15.9 Å². The highest BCUT2D eigenvalue weighted by atomic mass is 79.9. The van der Waals surface area contributed by atoms with Crippen LogP contribution in [0.15, 0.2) is 15.5 Å². The molecule has 2 heterocycles. The number of aliphatic imine (C=N–C) groups is 1. The molecule has 0 spiro atoms. The molecule has 0 unspecified atom stereocenters. The Labute approximate surface area is 170 Å². The minimum absolute atomic E-state index is 0.0672. The van der Waals surface area contributed by atoms with Gasteiger partial charge in [-0.05, 0) is 48.7 Å². The number of ether oxygens (including phenoxy) is 1. The lowest BCUT2D eigenvalue weighted by atomic mass is 10.1. The first-order valence-corrected chi connectivity index (χ1v) is 11.1. The third kappa shape index (κ3) is 5.63. The lowest BCUT2D eigenvalue weighted by Gasteiger charge is -2.32. The van der Waals surface area contributed by atoms with Crippen LogP contribution in [0.5, 0.6) is 5.88 Å². The maximum atomic E-state index is 12.2. The first-order chi connectivity index (χ1) is 12.6. The fourth-order valence-electron chi connectivity index (χ4n) is 2.57. The van der Waals surface area contributed by atoms with Gasteiger partial charge in [0.2, 0.25) is 5.88 Å². The van der Waals surface area contributed by atoms with Crippen LogP contribution in [0.3, 0.4) is 0 Å². The normalized spacial score (nSPS) is 17.0.